The van der Waals surface area contributed by atoms with E-state index in [4.69, 9.17) is 5.26 Å². The van der Waals surface area contributed by atoms with Crippen molar-refractivity contribution >= 4 is 9.84 Å². The molecule has 2 atom stereocenters. The third-order valence-electron chi connectivity index (χ3n) is 2.90. The van der Waals surface area contributed by atoms with E-state index in [1.807, 2.05) is 13.8 Å². The first-order valence-corrected chi connectivity index (χ1v) is 6.82. The minimum absolute atomic E-state index is 0.123. The molecule has 0 aromatic carbocycles. The molecule has 0 aromatic rings. The summed E-state index contributed by atoms with van der Waals surface area (Å²) in [5, 5.41) is 8.55. The van der Waals surface area contributed by atoms with Gasteiger partial charge in [-0.3, -0.25) is 0 Å². The van der Waals surface area contributed by atoms with Crippen LogP contribution < -0.4 is 0 Å². The van der Waals surface area contributed by atoms with Gasteiger partial charge in [-0.15, -0.1) is 0 Å². The van der Waals surface area contributed by atoms with Crippen LogP contribution in [0.15, 0.2) is 0 Å². The zero-order chi connectivity index (χ0) is 10.8. The van der Waals surface area contributed by atoms with E-state index in [2.05, 4.69) is 6.07 Å². The van der Waals surface area contributed by atoms with Crippen LogP contribution >= 0.6 is 0 Å². The van der Waals surface area contributed by atoms with Crippen molar-refractivity contribution in [3.63, 3.8) is 0 Å². The average Bonchev–Trinajstić information content (AvgIpc) is 2.08. The molecule has 1 rings (SSSR count). The van der Waals surface area contributed by atoms with E-state index >= 15 is 0 Å². The molecule has 1 saturated heterocycles. The van der Waals surface area contributed by atoms with Crippen molar-refractivity contribution in [2.75, 3.05) is 5.75 Å². The largest absolute Gasteiger partial charge is 0.229 e. The lowest BCUT2D eigenvalue weighted by Gasteiger charge is -2.27. The van der Waals surface area contributed by atoms with Crippen molar-refractivity contribution in [3.05, 3.63) is 0 Å². The maximum Gasteiger partial charge on any atom is 0.154 e. The van der Waals surface area contributed by atoms with Crippen molar-refractivity contribution in [2.24, 2.45) is 11.8 Å². The Bertz CT molecular complexity index is 327. The first-order chi connectivity index (χ1) is 6.49. The van der Waals surface area contributed by atoms with Gasteiger partial charge in [-0.25, -0.2) is 8.42 Å². The Kier molecular flexibility index (Phi) is 3.54. The highest BCUT2D eigenvalue weighted by molar-refractivity contribution is 7.92. The first-order valence-electron chi connectivity index (χ1n) is 5.10. The number of hydrogen-bond donors (Lipinski definition) is 0. The van der Waals surface area contributed by atoms with Crippen molar-refractivity contribution in [3.8, 4) is 6.07 Å². The number of nitriles is 1. The molecular formula is C10H17NO2S. The standard InChI is InChI=1S/C10H17NO2S/c1-8(2)9(7-11)10-5-3-4-6-14(10,12)13/h8-10H,3-6H2,1-2H3. The Labute approximate surface area is 86.0 Å². The quantitative estimate of drug-likeness (QED) is 0.705. The van der Waals surface area contributed by atoms with Gasteiger partial charge in [0.2, 0.25) is 0 Å². The molecule has 0 N–H and O–H groups in total. The molecule has 0 radical (unpaired) electrons. The maximum absolute atomic E-state index is 11.7. The highest BCUT2D eigenvalue weighted by Crippen LogP contribution is 2.29. The number of nitrogens with zero attached hydrogens (tertiary/aromatic N) is 1. The predicted octanol–water partition coefficient (Wildman–Crippen LogP) is 1.75. The van der Waals surface area contributed by atoms with E-state index in [1.165, 1.54) is 0 Å². The maximum atomic E-state index is 11.7. The van der Waals surface area contributed by atoms with Crippen molar-refractivity contribution in [1.29, 1.82) is 5.26 Å². The Hall–Kier alpha value is -0.560. The molecule has 1 aliphatic rings. The van der Waals surface area contributed by atoms with E-state index in [0.29, 0.717) is 6.42 Å². The van der Waals surface area contributed by atoms with Gasteiger partial charge in [-0.1, -0.05) is 20.3 Å². The minimum atomic E-state index is -3.00. The summed E-state index contributed by atoms with van der Waals surface area (Å²) < 4.78 is 23.5. The third-order valence-corrected chi connectivity index (χ3v) is 5.21. The van der Waals surface area contributed by atoms with E-state index in [0.717, 1.165) is 12.8 Å². The summed E-state index contributed by atoms with van der Waals surface area (Å²) in [6.45, 7) is 3.83. The summed E-state index contributed by atoms with van der Waals surface area (Å²) in [5.74, 6) is 0.0564. The van der Waals surface area contributed by atoms with E-state index in [1.54, 1.807) is 0 Å². The molecule has 0 amide bonds. The molecule has 1 heterocycles. The molecule has 1 fully saturated rings. The summed E-state index contributed by atoms with van der Waals surface area (Å²) in [6.07, 6.45) is 2.36. The van der Waals surface area contributed by atoms with E-state index in [-0.39, 0.29) is 17.6 Å². The predicted molar refractivity (Wildman–Crippen MR) is 55.4 cm³/mol. The summed E-state index contributed by atoms with van der Waals surface area (Å²) in [7, 11) is -3.00. The van der Waals surface area contributed by atoms with Crippen LogP contribution in [0.5, 0.6) is 0 Å². The lowest BCUT2D eigenvalue weighted by Crippen LogP contribution is -2.36. The van der Waals surface area contributed by atoms with Crippen molar-refractivity contribution in [2.45, 2.75) is 38.4 Å². The second-order valence-electron chi connectivity index (χ2n) is 4.30. The summed E-state index contributed by atoms with van der Waals surface area (Å²) in [5.41, 5.74) is 0. The number of rotatable bonds is 2. The van der Waals surface area contributed by atoms with Crippen LogP contribution in [0.3, 0.4) is 0 Å². The van der Waals surface area contributed by atoms with Crippen LogP contribution in [0.4, 0.5) is 0 Å². The van der Waals surface area contributed by atoms with Gasteiger partial charge >= 0.3 is 0 Å². The summed E-state index contributed by atoms with van der Waals surface area (Å²) >= 11 is 0. The van der Waals surface area contributed by atoms with Gasteiger partial charge in [0.25, 0.3) is 0 Å². The SMILES string of the molecule is CC(C)C(C#N)C1CCCCS1(=O)=O. The fourth-order valence-corrected chi connectivity index (χ4v) is 4.30. The second-order valence-corrected chi connectivity index (χ2v) is 6.64. The van der Waals surface area contributed by atoms with Gasteiger partial charge in [0.05, 0.1) is 23.0 Å². The van der Waals surface area contributed by atoms with Crippen LogP contribution in [-0.4, -0.2) is 19.4 Å². The van der Waals surface area contributed by atoms with Gasteiger partial charge in [0.1, 0.15) is 0 Å². The van der Waals surface area contributed by atoms with Gasteiger partial charge in [0.15, 0.2) is 9.84 Å². The Morgan fingerprint density at radius 2 is 2.00 bits per heavy atom. The summed E-state index contributed by atoms with van der Waals surface area (Å²) in [4.78, 5) is 0. The fourth-order valence-electron chi connectivity index (χ4n) is 2.04. The Morgan fingerprint density at radius 1 is 1.36 bits per heavy atom. The average molecular weight is 215 g/mol. The van der Waals surface area contributed by atoms with Crippen LogP contribution in [0, 0.1) is 23.2 Å². The minimum Gasteiger partial charge on any atom is -0.229 e. The third kappa shape index (κ3) is 2.27. The lowest BCUT2D eigenvalue weighted by molar-refractivity contribution is 0.409. The molecule has 14 heavy (non-hydrogen) atoms. The number of hydrogen-bond acceptors (Lipinski definition) is 3. The normalized spacial score (nSPS) is 28.3. The molecule has 0 bridgehead atoms. The molecule has 2 unspecified atom stereocenters. The van der Waals surface area contributed by atoms with Crippen LogP contribution in [-0.2, 0) is 9.84 Å². The molecule has 0 spiro atoms. The topological polar surface area (TPSA) is 57.9 Å². The highest BCUT2D eigenvalue weighted by Gasteiger charge is 2.36. The zero-order valence-electron chi connectivity index (χ0n) is 8.73. The highest BCUT2D eigenvalue weighted by atomic mass is 32.2. The van der Waals surface area contributed by atoms with Crippen LogP contribution in [0.25, 0.3) is 0 Å². The van der Waals surface area contributed by atoms with Gasteiger partial charge in [0, 0.05) is 0 Å². The van der Waals surface area contributed by atoms with Crippen LogP contribution in [0.2, 0.25) is 0 Å². The molecule has 0 aliphatic carbocycles. The van der Waals surface area contributed by atoms with E-state index < -0.39 is 15.1 Å². The first kappa shape index (κ1) is 11.5. The lowest BCUT2D eigenvalue weighted by atomic mass is 9.91. The van der Waals surface area contributed by atoms with Crippen molar-refractivity contribution in [1.82, 2.24) is 0 Å². The van der Waals surface area contributed by atoms with Crippen LogP contribution in [0.1, 0.15) is 33.1 Å². The van der Waals surface area contributed by atoms with Gasteiger partial charge < -0.3 is 0 Å². The van der Waals surface area contributed by atoms with Gasteiger partial charge in [-0.2, -0.15) is 5.26 Å². The molecule has 0 saturated carbocycles. The number of sulfone groups is 1. The fraction of sp³-hybridized carbons (Fsp3) is 0.900. The zero-order valence-corrected chi connectivity index (χ0v) is 9.55. The molecule has 4 heteroatoms. The van der Waals surface area contributed by atoms with Gasteiger partial charge in [-0.05, 0) is 18.8 Å². The molecule has 80 valence electrons. The van der Waals surface area contributed by atoms with Crippen molar-refractivity contribution < 1.29 is 8.42 Å². The molecule has 1 aliphatic heterocycles. The Morgan fingerprint density at radius 3 is 2.43 bits per heavy atom. The van der Waals surface area contributed by atoms with E-state index in [9.17, 15) is 8.42 Å². The summed E-state index contributed by atoms with van der Waals surface area (Å²) in [6, 6.07) is 2.15. The smallest absolute Gasteiger partial charge is 0.154 e. The molecular weight excluding hydrogens is 198 g/mol. The molecule has 3 nitrogen and oxygen atoms in total. The second kappa shape index (κ2) is 4.31. The molecule has 0 aromatic heterocycles. The monoisotopic (exact) mass is 215 g/mol. The Balaban J connectivity index is 2.90.